The molecule has 8 nitrogen and oxygen atoms in total. The van der Waals surface area contributed by atoms with Gasteiger partial charge in [0.1, 0.15) is 11.5 Å². The number of ether oxygens (including phenoxy) is 1. The lowest BCUT2D eigenvalue weighted by atomic mass is 10.2. The van der Waals surface area contributed by atoms with E-state index in [4.69, 9.17) is 9.26 Å². The van der Waals surface area contributed by atoms with Gasteiger partial charge in [0.25, 0.3) is 5.89 Å². The predicted octanol–water partition coefficient (Wildman–Crippen LogP) is 5.11. The Bertz CT molecular complexity index is 1230. The van der Waals surface area contributed by atoms with E-state index in [9.17, 15) is 9.59 Å². The number of carbonyl (C=O) groups excluding carboxylic acids is 2. The molecule has 3 aromatic carbocycles. The van der Waals surface area contributed by atoms with E-state index in [1.54, 1.807) is 48.5 Å². The number of amides is 2. The second kappa shape index (κ2) is 9.13. The predicted molar refractivity (Wildman–Crippen MR) is 120 cm³/mol. The summed E-state index contributed by atoms with van der Waals surface area (Å²) in [6.07, 6.45) is 0. The van der Waals surface area contributed by atoms with Crippen LogP contribution in [0.4, 0.5) is 11.4 Å². The first kappa shape index (κ1) is 20.8. The lowest BCUT2D eigenvalue weighted by Crippen LogP contribution is -2.05. The molecule has 4 rings (SSSR count). The van der Waals surface area contributed by atoms with E-state index in [1.165, 1.54) is 13.8 Å². The highest BCUT2D eigenvalue weighted by Crippen LogP contribution is 2.27. The molecule has 1 heterocycles. The molecular formula is C24H20N4O4. The van der Waals surface area contributed by atoms with Crippen LogP contribution in [0.5, 0.6) is 11.5 Å². The number of aromatic nitrogens is 2. The van der Waals surface area contributed by atoms with E-state index in [0.717, 1.165) is 11.1 Å². The minimum Gasteiger partial charge on any atom is -0.457 e. The number of rotatable bonds is 6. The number of benzene rings is 3. The van der Waals surface area contributed by atoms with Gasteiger partial charge in [0.15, 0.2) is 0 Å². The summed E-state index contributed by atoms with van der Waals surface area (Å²) in [6, 6.07) is 21.6. The molecule has 32 heavy (non-hydrogen) atoms. The number of nitrogens with zero attached hydrogens (tertiary/aromatic N) is 2. The molecule has 4 aromatic rings. The number of carbonyl (C=O) groups is 2. The van der Waals surface area contributed by atoms with E-state index in [1.807, 2.05) is 24.3 Å². The molecule has 2 amide bonds. The number of hydrogen-bond donors (Lipinski definition) is 2. The monoisotopic (exact) mass is 428 g/mol. The first-order valence-corrected chi connectivity index (χ1v) is 9.84. The summed E-state index contributed by atoms with van der Waals surface area (Å²) in [5.74, 6) is 1.88. The van der Waals surface area contributed by atoms with E-state index in [0.29, 0.717) is 34.6 Å². The van der Waals surface area contributed by atoms with Crippen molar-refractivity contribution in [1.29, 1.82) is 0 Å². The Kier molecular flexibility index (Phi) is 5.94. The summed E-state index contributed by atoms with van der Waals surface area (Å²) in [7, 11) is 0. The molecule has 0 unspecified atom stereocenters. The third-order valence-electron chi connectivity index (χ3n) is 4.40. The fraction of sp³-hybridized carbons (Fsp3) is 0.0833. The molecular weight excluding hydrogens is 408 g/mol. The molecule has 0 saturated carbocycles. The van der Waals surface area contributed by atoms with Gasteiger partial charge in [-0.25, -0.2) is 0 Å². The van der Waals surface area contributed by atoms with Crippen molar-refractivity contribution in [3.63, 3.8) is 0 Å². The van der Waals surface area contributed by atoms with E-state index in [2.05, 4.69) is 20.8 Å². The third-order valence-corrected chi connectivity index (χ3v) is 4.40. The van der Waals surface area contributed by atoms with Crippen molar-refractivity contribution < 1.29 is 18.8 Å². The Morgan fingerprint density at radius 1 is 0.719 bits per heavy atom. The van der Waals surface area contributed by atoms with Crippen molar-refractivity contribution in [1.82, 2.24) is 10.1 Å². The highest BCUT2D eigenvalue weighted by molar-refractivity contribution is 5.89. The van der Waals surface area contributed by atoms with Crippen LogP contribution in [0.15, 0.2) is 77.3 Å². The maximum absolute atomic E-state index is 11.1. The van der Waals surface area contributed by atoms with Gasteiger partial charge in [0.2, 0.25) is 17.6 Å². The Morgan fingerprint density at radius 2 is 1.19 bits per heavy atom. The standard InChI is InChI=1S/C24H20N4O4/c1-15(29)25-19-7-3-18(4-8-19)24-27-23(28-32-24)17-5-11-21(12-6-17)31-22-13-9-20(10-14-22)26-16(2)30/h3-14H,1-2H3,(H,25,29)(H,26,30). The summed E-state index contributed by atoms with van der Waals surface area (Å²) >= 11 is 0. The van der Waals surface area contributed by atoms with Gasteiger partial charge < -0.3 is 19.9 Å². The Balaban J connectivity index is 1.43. The maximum Gasteiger partial charge on any atom is 0.258 e. The van der Waals surface area contributed by atoms with E-state index >= 15 is 0 Å². The number of hydrogen-bond acceptors (Lipinski definition) is 6. The first-order valence-electron chi connectivity index (χ1n) is 9.84. The largest absolute Gasteiger partial charge is 0.457 e. The van der Waals surface area contributed by atoms with Crippen molar-refractivity contribution in [3.05, 3.63) is 72.8 Å². The van der Waals surface area contributed by atoms with Crippen LogP contribution < -0.4 is 15.4 Å². The van der Waals surface area contributed by atoms with Crippen molar-refractivity contribution in [2.75, 3.05) is 10.6 Å². The van der Waals surface area contributed by atoms with Crippen molar-refractivity contribution in [3.8, 4) is 34.3 Å². The lowest BCUT2D eigenvalue weighted by Gasteiger charge is -2.07. The van der Waals surface area contributed by atoms with Gasteiger partial charge >= 0.3 is 0 Å². The number of anilines is 2. The van der Waals surface area contributed by atoms with Gasteiger partial charge in [-0.15, -0.1) is 0 Å². The van der Waals surface area contributed by atoms with Gasteiger partial charge in [-0.3, -0.25) is 9.59 Å². The fourth-order valence-electron chi connectivity index (χ4n) is 2.98. The van der Waals surface area contributed by atoms with Gasteiger partial charge in [-0.05, 0) is 72.8 Å². The van der Waals surface area contributed by atoms with Crippen LogP contribution in [0.1, 0.15) is 13.8 Å². The summed E-state index contributed by atoms with van der Waals surface area (Å²) in [5, 5.41) is 9.47. The van der Waals surface area contributed by atoms with Gasteiger partial charge in [0.05, 0.1) is 0 Å². The molecule has 8 heteroatoms. The minimum atomic E-state index is -0.132. The van der Waals surface area contributed by atoms with Crippen LogP contribution in [0.25, 0.3) is 22.8 Å². The third kappa shape index (κ3) is 5.17. The average molecular weight is 428 g/mol. The molecule has 0 saturated heterocycles. The Labute approximate surface area is 184 Å². The molecule has 0 spiro atoms. The Hall–Kier alpha value is -4.46. The molecule has 0 aliphatic heterocycles. The molecule has 0 bridgehead atoms. The second-order valence-electron chi connectivity index (χ2n) is 7.01. The SMILES string of the molecule is CC(=O)Nc1ccc(Oc2ccc(-c3noc(-c4ccc(NC(C)=O)cc4)n3)cc2)cc1. The molecule has 0 aliphatic rings. The smallest absolute Gasteiger partial charge is 0.258 e. The summed E-state index contributed by atoms with van der Waals surface area (Å²) < 4.78 is 11.2. The zero-order valence-corrected chi connectivity index (χ0v) is 17.5. The second-order valence-corrected chi connectivity index (χ2v) is 7.01. The van der Waals surface area contributed by atoms with Crippen LogP contribution in [0.3, 0.4) is 0 Å². The van der Waals surface area contributed by atoms with E-state index < -0.39 is 0 Å². The van der Waals surface area contributed by atoms with Crippen LogP contribution in [0, 0.1) is 0 Å². The van der Waals surface area contributed by atoms with Crippen LogP contribution in [-0.4, -0.2) is 22.0 Å². The quantitative estimate of drug-likeness (QED) is 0.442. The molecule has 2 N–H and O–H groups in total. The van der Waals surface area contributed by atoms with Gasteiger partial charge in [-0.1, -0.05) is 5.16 Å². The maximum atomic E-state index is 11.1. The van der Waals surface area contributed by atoms with Crippen LogP contribution in [-0.2, 0) is 9.59 Å². The molecule has 1 aromatic heterocycles. The van der Waals surface area contributed by atoms with Crippen molar-refractivity contribution >= 4 is 23.2 Å². The molecule has 0 radical (unpaired) electrons. The highest BCUT2D eigenvalue weighted by Gasteiger charge is 2.11. The fourth-order valence-corrected chi connectivity index (χ4v) is 2.98. The zero-order valence-electron chi connectivity index (χ0n) is 17.5. The van der Waals surface area contributed by atoms with Crippen molar-refractivity contribution in [2.24, 2.45) is 0 Å². The summed E-state index contributed by atoms with van der Waals surface area (Å²) in [6.45, 7) is 2.92. The van der Waals surface area contributed by atoms with Crippen LogP contribution >= 0.6 is 0 Å². The van der Waals surface area contributed by atoms with Crippen LogP contribution in [0.2, 0.25) is 0 Å². The zero-order chi connectivity index (χ0) is 22.5. The normalized spacial score (nSPS) is 10.4. The topological polar surface area (TPSA) is 106 Å². The molecule has 0 atom stereocenters. The minimum absolute atomic E-state index is 0.124. The van der Waals surface area contributed by atoms with Gasteiger partial charge in [-0.2, -0.15) is 4.98 Å². The lowest BCUT2D eigenvalue weighted by molar-refractivity contribution is -0.115. The van der Waals surface area contributed by atoms with E-state index in [-0.39, 0.29) is 11.8 Å². The summed E-state index contributed by atoms with van der Waals surface area (Å²) in [5.41, 5.74) is 2.93. The van der Waals surface area contributed by atoms with Gasteiger partial charge in [0, 0.05) is 36.3 Å². The first-order chi connectivity index (χ1) is 15.5. The molecule has 0 aliphatic carbocycles. The molecule has 0 fully saturated rings. The molecule has 160 valence electrons. The van der Waals surface area contributed by atoms with Crippen molar-refractivity contribution in [2.45, 2.75) is 13.8 Å². The highest BCUT2D eigenvalue weighted by atomic mass is 16.5. The Morgan fingerprint density at radius 3 is 1.72 bits per heavy atom. The summed E-state index contributed by atoms with van der Waals surface area (Å²) in [4.78, 5) is 26.7. The number of nitrogens with one attached hydrogen (secondary N) is 2. The average Bonchev–Trinajstić information content (AvgIpc) is 3.26.